The van der Waals surface area contributed by atoms with Crippen molar-refractivity contribution in [2.24, 2.45) is 17.8 Å². The molecule has 1 atom stereocenters. The van der Waals surface area contributed by atoms with Crippen LogP contribution in [0.4, 0.5) is 0 Å². The number of methoxy groups -OCH3 is 1. The average molecular weight is 237 g/mol. The maximum Gasteiger partial charge on any atom is 0.323 e. The van der Waals surface area contributed by atoms with Crippen molar-refractivity contribution in [3.63, 3.8) is 0 Å². The van der Waals surface area contributed by atoms with E-state index in [1.54, 1.807) is 0 Å². The van der Waals surface area contributed by atoms with E-state index in [-0.39, 0.29) is 12.0 Å². The van der Waals surface area contributed by atoms with Gasteiger partial charge in [0, 0.05) is 13.1 Å². The standard InChI is InChI=1S/C14H23NO2/c1-17-14(16)13(12-6-7-12)15(8-10-2-3-10)9-11-4-5-11/h10-13H,2-9H2,1H3. The number of ether oxygens (including phenoxy) is 1. The minimum Gasteiger partial charge on any atom is -0.468 e. The van der Waals surface area contributed by atoms with E-state index in [1.807, 2.05) is 0 Å². The van der Waals surface area contributed by atoms with E-state index in [4.69, 9.17) is 4.74 Å². The van der Waals surface area contributed by atoms with Crippen molar-refractivity contribution in [1.29, 1.82) is 0 Å². The van der Waals surface area contributed by atoms with Crippen LogP contribution in [0.25, 0.3) is 0 Å². The summed E-state index contributed by atoms with van der Waals surface area (Å²) < 4.78 is 5.02. The molecule has 0 saturated heterocycles. The molecule has 3 rings (SSSR count). The van der Waals surface area contributed by atoms with Crippen LogP contribution in [0.3, 0.4) is 0 Å². The molecule has 3 saturated carbocycles. The van der Waals surface area contributed by atoms with Gasteiger partial charge in [0.2, 0.25) is 0 Å². The van der Waals surface area contributed by atoms with Gasteiger partial charge in [0.25, 0.3) is 0 Å². The van der Waals surface area contributed by atoms with Gasteiger partial charge in [-0.2, -0.15) is 0 Å². The third kappa shape index (κ3) is 3.01. The van der Waals surface area contributed by atoms with Crippen LogP contribution in [0.1, 0.15) is 38.5 Å². The highest BCUT2D eigenvalue weighted by Crippen LogP contribution is 2.40. The van der Waals surface area contributed by atoms with Gasteiger partial charge in [0.1, 0.15) is 6.04 Å². The second-order valence-electron chi connectivity index (χ2n) is 6.15. The van der Waals surface area contributed by atoms with Crippen molar-refractivity contribution >= 4 is 5.97 Å². The highest BCUT2D eigenvalue weighted by atomic mass is 16.5. The predicted octanol–water partition coefficient (Wildman–Crippen LogP) is 2.06. The summed E-state index contributed by atoms with van der Waals surface area (Å²) in [6, 6.07) is 0.0706. The van der Waals surface area contributed by atoms with Crippen LogP contribution in [0.5, 0.6) is 0 Å². The highest BCUT2D eigenvalue weighted by Gasteiger charge is 2.43. The molecule has 0 spiro atoms. The van der Waals surface area contributed by atoms with E-state index < -0.39 is 0 Å². The lowest BCUT2D eigenvalue weighted by molar-refractivity contribution is -0.148. The quantitative estimate of drug-likeness (QED) is 0.635. The molecular weight excluding hydrogens is 214 g/mol. The summed E-state index contributed by atoms with van der Waals surface area (Å²) in [6.07, 6.45) is 7.87. The first-order valence-corrected chi connectivity index (χ1v) is 7.10. The molecule has 0 radical (unpaired) electrons. The first-order valence-electron chi connectivity index (χ1n) is 7.10. The van der Waals surface area contributed by atoms with Crippen molar-refractivity contribution in [1.82, 2.24) is 4.90 Å². The molecule has 0 N–H and O–H groups in total. The molecule has 0 aromatic heterocycles. The van der Waals surface area contributed by atoms with Crippen molar-refractivity contribution < 1.29 is 9.53 Å². The lowest BCUT2D eigenvalue weighted by atomic mass is 10.1. The van der Waals surface area contributed by atoms with Crippen molar-refractivity contribution in [3.8, 4) is 0 Å². The number of rotatable bonds is 7. The molecule has 3 fully saturated rings. The van der Waals surface area contributed by atoms with Gasteiger partial charge >= 0.3 is 5.97 Å². The van der Waals surface area contributed by atoms with Crippen LogP contribution in [0.15, 0.2) is 0 Å². The lowest BCUT2D eigenvalue weighted by Gasteiger charge is -2.30. The minimum absolute atomic E-state index is 0.00815. The van der Waals surface area contributed by atoms with Gasteiger partial charge in [-0.05, 0) is 56.3 Å². The number of hydrogen-bond donors (Lipinski definition) is 0. The molecule has 3 heteroatoms. The Morgan fingerprint density at radius 1 is 1.12 bits per heavy atom. The molecule has 17 heavy (non-hydrogen) atoms. The summed E-state index contributed by atoms with van der Waals surface area (Å²) in [5, 5.41) is 0. The van der Waals surface area contributed by atoms with Crippen molar-refractivity contribution in [2.45, 2.75) is 44.6 Å². The van der Waals surface area contributed by atoms with Crippen LogP contribution in [0, 0.1) is 17.8 Å². The van der Waals surface area contributed by atoms with E-state index >= 15 is 0 Å². The number of carbonyl (C=O) groups is 1. The molecule has 3 aliphatic carbocycles. The summed E-state index contributed by atoms with van der Waals surface area (Å²) in [4.78, 5) is 14.4. The van der Waals surface area contributed by atoms with E-state index in [9.17, 15) is 4.79 Å². The molecule has 0 amide bonds. The fourth-order valence-corrected chi connectivity index (χ4v) is 2.74. The third-order valence-electron chi connectivity index (χ3n) is 4.28. The second kappa shape index (κ2) is 4.60. The van der Waals surface area contributed by atoms with E-state index in [0.717, 1.165) is 24.9 Å². The topological polar surface area (TPSA) is 29.5 Å². The minimum atomic E-state index is 0.00815. The summed E-state index contributed by atoms with van der Waals surface area (Å²) in [5.74, 6) is 2.31. The normalized spacial score (nSPS) is 26.0. The van der Waals surface area contributed by atoms with Gasteiger partial charge in [-0.1, -0.05) is 0 Å². The largest absolute Gasteiger partial charge is 0.468 e. The number of esters is 1. The summed E-state index contributed by atoms with van der Waals surface area (Å²) in [7, 11) is 1.53. The van der Waals surface area contributed by atoms with Crippen LogP contribution < -0.4 is 0 Å². The van der Waals surface area contributed by atoms with E-state index in [1.165, 1.54) is 45.6 Å². The first kappa shape index (κ1) is 11.5. The average Bonchev–Trinajstić information content (AvgIpc) is 3.12. The summed E-state index contributed by atoms with van der Waals surface area (Å²) in [6.45, 7) is 2.26. The maximum absolute atomic E-state index is 12.0. The fraction of sp³-hybridized carbons (Fsp3) is 0.929. The highest BCUT2D eigenvalue weighted by molar-refractivity contribution is 5.76. The Kier molecular flexibility index (Phi) is 3.12. The predicted molar refractivity (Wildman–Crippen MR) is 65.5 cm³/mol. The molecular formula is C14H23NO2. The maximum atomic E-state index is 12.0. The van der Waals surface area contributed by atoms with E-state index in [2.05, 4.69) is 4.90 Å². The Bertz CT molecular complexity index is 279. The van der Waals surface area contributed by atoms with Gasteiger partial charge in [0.05, 0.1) is 7.11 Å². The number of carbonyl (C=O) groups excluding carboxylic acids is 1. The molecule has 0 heterocycles. The zero-order valence-electron chi connectivity index (χ0n) is 10.7. The Balaban J connectivity index is 1.65. The summed E-state index contributed by atoms with van der Waals surface area (Å²) >= 11 is 0. The van der Waals surface area contributed by atoms with Gasteiger partial charge in [0.15, 0.2) is 0 Å². The van der Waals surface area contributed by atoms with Crippen molar-refractivity contribution in [2.75, 3.05) is 20.2 Å². The van der Waals surface area contributed by atoms with E-state index in [0.29, 0.717) is 5.92 Å². The molecule has 96 valence electrons. The molecule has 3 nitrogen and oxygen atoms in total. The number of nitrogens with zero attached hydrogens (tertiary/aromatic N) is 1. The van der Waals surface area contributed by atoms with Gasteiger partial charge < -0.3 is 4.74 Å². The van der Waals surface area contributed by atoms with Gasteiger partial charge in [-0.3, -0.25) is 9.69 Å². The monoisotopic (exact) mass is 237 g/mol. The molecule has 3 aliphatic rings. The zero-order valence-corrected chi connectivity index (χ0v) is 10.7. The molecule has 0 aliphatic heterocycles. The lowest BCUT2D eigenvalue weighted by Crippen LogP contribution is -2.45. The zero-order chi connectivity index (χ0) is 11.8. The molecule has 1 unspecified atom stereocenters. The van der Waals surface area contributed by atoms with Crippen LogP contribution in [0.2, 0.25) is 0 Å². The van der Waals surface area contributed by atoms with Crippen LogP contribution >= 0.6 is 0 Å². The smallest absolute Gasteiger partial charge is 0.323 e. The Hall–Kier alpha value is -0.570. The van der Waals surface area contributed by atoms with Crippen LogP contribution in [-0.4, -0.2) is 37.1 Å². The third-order valence-corrected chi connectivity index (χ3v) is 4.28. The SMILES string of the molecule is COC(=O)C(C1CC1)N(CC1CC1)CC1CC1. The fourth-order valence-electron chi connectivity index (χ4n) is 2.74. The van der Waals surface area contributed by atoms with Crippen LogP contribution in [-0.2, 0) is 9.53 Å². The number of hydrogen-bond acceptors (Lipinski definition) is 3. The first-order chi connectivity index (χ1) is 8.28. The molecule has 0 aromatic carbocycles. The Morgan fingerprint density at radius 2 is 1.65 bits per heavy atom. The van der Waals surface area contributed by atoms with Gasteiger partial charge in [-0.25, -0.2) is 0 Å². The second-order valence-corrected chi connectivity index (χ2v) is 6.15. The van der Waals surface area contributed by atoms with Gasteiger partial charge in [-0.15, -0.1) is 0 Å². The Morgan fingerprint density at radius 3 is 2.00 bits per heavy atom. The molecule has 0 aromatic rings. The Labute approximate surface area is 104 Å². The molecule has 0 bridgehead atoms. The summed E-state index contributed by atoms with van der Waals surface area (Å²) in [5.41, 5.74) is 0. The van der Waals surface area contributed by atoms with Crippen molar-refractivity contribution in [3.05, 3.63) is 0 Å².